The van der Waals surface area contributed by atoms with E-state index < -0.39 is 0 Å². The van der Waals surface area contributed by atoms with Crippen molar-refractivity contribution in [1.29, 1.82) is 0 Å². The summed E-state index contributed by atoms with van der Waals surface area (Å²) in [7, 11) is 1.66. The first kappa shape index (κ1) is 13.3. The van der Waals surface area contributed by atoms with Gasteiger partial charge in [-0.15, -0.1) is 11.3 Å². The van der Waals surface area contributed by atoms with E-state index in [1.807, 2.05) is 37.3 Å². The lowest BCUT2D eigenvalue weighted by Crippen LogP contribution is -1.97. The van der Waals surface area contributed by atoms with Crippen molar-refractivity contribution in [2.24, 2.45) is 0 Å². The molecule has 0 aliphatic rings. The number of ether oxygens (including phenoxy) is 1. The molecule has 2 heterocycles. The van der Waals surface area contributed by atoms with E-state index >= 15 is 0 Å². The van der Waals surface area contributed by atoms with Gasteiger partial charge in [-0.3, -0.25) is 0 Å². The quantitative estimate of drug-likeness (QED) is 0.678. The monoisotopic (exact) mass is 304 g/mol. The van der Waals surface area contributed by atoms with Gasteiger partial charge in [0.1, 0.15) is 21.6 Å². The van der Waals surface area contributed by atoms with Crippen molar-refractivity contribution in [2.75, 3.05) is 7.11 Å². The lowest BCUT2D eigenvalue weighted by atomic mass is 10.1. The summed E-state index contributed by atoms with van der Waals surface area (Å²) in [6, 6.07) is 9.93. The van der Waals surface area contributed by atoms with Gasteiger partial charge in [-0.05, 0) is 30.7 Å². The van der Waals surface area contributed by atoms with Crippen LogP contribution in [0.4, 0.5) is 0 Å². The molecule has 0 aliphatic heterocycles. The third kappa shape index (κ3) is 2.62. The fourth-order valence-corrected chi connectivity index (χ4v) is 3.25. The molecule has 102 valence electrons. The Morgan fingerprint density at radius 3 is 2.65 bits per heavy atom. The molecule has 3 nitrogen and oxygen atoms in total. The van der Waals surface area contributed by atoms with Gasteiger partial charge in [0.05, 0.1) is 7.11 Å². The van der Waals surface area contributed by atoms with Crippen LogP contribution in [0.2, 0.25) is 5.15 Å². The van der Waals surface area contributed by atoms with Crippen molar-refractivity contribution in [1.82, 2.24) is 9.97 Å². The number of hydrogen-bond donors (Lipinski definition) is 0. The Kier molecular flexibility index (Phi) is 3.59. The van der Waals surface area contributed by atoms with Crippen LogP contribution in [0.1, 0.15) is 16.3 Å². The van der Waals surface area contributed by atoms with Crippen LogP contribution in [-0.2, 0) is 6.42 Å². The Bertz CT molecular complexity index is 752. The average Bonchev–Trinajstić information content (AvgIpc) is 2.81. The van der Waals surface area contributed by atoms with Crippen LogP contribution in [0, 0.1) is 6.92 Å². The molecular formula is C15H13ClN2OS. The van der Waals surface area contributed by atoms with E-state index in [1.165, 1.54) is 4.88 Å². The first-order chi connectivity index (χ1) is 9.65. The molecule has 0 fully saturated rings. The second kappa shape index (κ2) is 5.38. The Morgan fingerprint density at radius 2 is 1.95 bits per heavy atom. The summed E-state index contributed by atoms with van der Waals surface area (Å²) >= 11 is 7.87. The summed E-state index contributed by atoms with van der Waals surface area (Å²) < 4.78 is 5.15. The van der Waals surface area contributed by atoms with Gasteiger partial charge in [-0.2, -0.15) is 0 Å². The molecule has 0 saturated carbocycles. The van der Waals surface area contributed by atoms with Gasteiger partial charge in [-0.25, -0.2) is 9.97 Å². The van der Waals surface area contributed by atoms with E-state index in [1.54, 1.807) is 18.4 Å². The minimum Gasteiger partial charge on any atom is -0.497 e. The number of thiophene rings is 1. The number of nitrogens with zero attached hydrogens (tertiary/aromatic N) is 2. The van der Waals surface area contributed by atoms with Gasteiger partial charge in [-0.1, -0.05) is 23.7 Å². The molecule has 0 saturated heterocycles. The Balaban J connectivity index is 1.93. The number of rotatable bonds is 3. The molecule has 2 aromatic heterocycles. The maximum absolute atomic E-state index is 6.22. The highest BCUT2D eigenvalue weighted by Crippen LogP contribution is 2.28. The van der Waals surface area contributed by atoms with Crippen LogP contribution in [0.15, 0.2) is 30.3 Å². The molecule has 0 radical (unpaired) electrons. The molecule has 1 aromatic carbocycles. The Labute approximate surface area is 126 Å². The predicted octanol–water partition coefficient (Wildman–Crippen LogP) is 4.25. The summed E-state index contributed by atoms with van der Waals surface area (Å²) in [4.78, 5) is 11.1. The molecule has 3 aromatic rings. The van der Waals surface area contributed by atoms with Crippen molar-refractivity contribution in [3.8, 4) is 5.75 Å². The molecule has 0 amide bonds. The van der Waals surface area contributed by atoms with E-state index in [9.17, 15) is 0 Å². The highest BCUT2D eigenvalue weighted by molar-refractivity contribution is 7.18. The molecule has 0 spiro atoms. The lowest BCUT2D eigenvalue weighted by molar-refractivity contribution is 0.414. The summed E-state index contributed by atoms with van der Waals surface area (Å²) in [5.41, 5.74) is 1.13. The summed E-state index contributed by atoms with van der Waals surface area (Å²) in [5.74, 6) is 1.59. The predicted molar refractivity (Wildman–Crippen MR) is 83.0 cm³/mol. The van der Waals surface area contributed by atoms with E-state index in [-0.39, 0.29) is 0 Å². The number of methoxy groups -OCH3 is 1. The lowest BCUT2D eigenvalue weighted by Gasteiger charge is -2.04. The normalized spacial score (nSPS) is 10.9. The summed E-state index contributed by atoms with van der Waals surface area (Å²) in [6.07, 6.45) is 0.663. The molecule has 0 bridgehead atoms. The van der Waals surface area contributed by atoms with Crippen LogP contribution >= 0.6 is 22.9 Å². The molecule has 3 rings (SSSR count). The van der Waals surface area contributed by atoms with Gasteiger partial charge < -0.3 is 4.74 Å². The van der Waals surface area contributed by atoms with Crippen molar-refractivity contribution < 1.29 is 4.74 Å². The highest BCUT2D eigenvalue weighted by atomic mass is 35.5. The maximum atomic E-state index is 6.22. The van der Waals surface area contributed by atoms with Gasteiger partial charge in [0.2, 0.25) is 0 Å². The number of aromatic nitrogens is 2. The zero-order valence-corrected chi connectivity index (χ0v) is 12.8. The highest BCUT2D eigenvalue weighted by Gasteiger charge is 2.09. The molecule has 0 unspecified atom stereocenters. The topological polar surface area (TPSA) is 35.0 Å². The van der Waals surface area contributed by atoms with Gasteiger partial charge in [0.15, 0.2) is 0 Å². The number of hydrogen-bond acceptors (Lipinski definition) is 4. The molecular weight excluding hydrogens is 292 g/mol. The van der Waals surface area contributed by atoms with Crippen molar-refractivity contribution in [3.63, 3.8) is 0 Å². The van der Waals surface area contributed by atoms with Gasteiger partial charge >= 0.3 is 0 Å². The standard InChI is InChI=1S/C15H13ClN2OS/c1-9-7-12-14(16)17-13(18-15(12)20-9)8-10-3-5-11(19-2)6-4-10/h3-7H,8H2,1-2H3. The van der Waals surface area contributed by atoms with Crippen LogP contribution in [-0.4, -0.2) is 17.1 Å². The Morgan fingerprint density at radius 1 is 1.20 bits per heavy atom. The maximum Gasteiger partial charge on any atom is 0.141 e. The third-order valence-electron chi connectivity index (χ3n) is 3.04. The minimum absolute atomic E-state index is 0.530. The zero-order valence-electron chi connectivity index (χ0n) is 11.2. The number of halogens is 1. The van der Waals surface area contributed by atoms with E-state index in [0.717, 1.165) is 27.4 Å². The number of fused-ring (bicyclic) bond motifs is 1. The zero-order chi connectivity index (χ0) is 14.1. The molecule has 0 aliphatic carbocycles. The van der Waals surface area contributed by atoms with Crippen LogP contribution < -0.4 is 4.74 Å². The summed E-state index contributed by atoms with van der Waals surface area (Å²) in [5, 5.41) is 1.47. The number of benzene rings is 1. The van der Waals surface area contributed by atoms with Crippen LogP contribution in [0.3, 0.4) is 0 Å². The third-order valence-corrected chi connectivity index (χ3v) is 4.27. The minimum atomic E-state index is 0.530. The molecule has 5 heteroatoms. The first-order valence-corrected chi connectivity index (χ1v) is 7.40. The fourth-order valence-electron chi connectivity index (χ4n) is 2.05. The van der Waals surface area contributed by atoms with Crippen LogP contribution in [0.5, 0.6) is 5.75 Å². The van der Waals surface area contributed by atoms with E-state index in [4.69, 9.17) is 16.3 Å². The first-order valence-electron chi connectivity index (χ1n) is 6.21. The molecule has 20 heavy (non-hydrogen) atoms. The Hall–Kier alpha value is -1.65. The largest absolute Gasteiger partial charge is 0.497 e. The van der Waals surface area contributed by atoms with Gasteiger partial charge in [0.25, 0.3) is 0 Å². The SMILES string of the molecule is COc1ccc(Cc2nc(Cl)c3cc(C)sc3n2)cc1. The second-order valence-corrected chi connectivity index (χ2v) is 6.12. The van der Waals surface area contributed by atoms with Crippen molar-refractivity contribution >= 4 is 33.2 Å². The second-order valence-electron chi connectivity index (χ2n) is 4.53. The van der Waals surface area contributed by atoms with Gasteiger partial charge in [0, 0.05) is 16.7 Å². The van der Waals surface area contributed by atoms with Crippen molar-refractivity contribution in [3.05, 3.63) is 51.7 Å². The van der Waals surface area contributed by atoms with Crippen LogP contribution in [0.25, 0.3) is 10.2 Å². The van der Waals surface area contributed by atoms with Crippen molar-refractivity contribution in [2.45, 2.75) is 13.3 Å². The number of aryl methyl sites for hydroxylation is 1. The fraction of sp³-hybridized carbons (Fsp3) is 0.200. The summed E-state index contributed by atoms with van der Waals surface area (Å²) in [6.45, 7) is 2.05. The molecule has 0 N–H and O–H groups in total. The smallest absolute Gasteiger partial charge is 0.141 e. The molecule has 0 atom stereocenters. The van der Waals surface area contributed by atoms with E-state index in [2.05, 4.69) is 9.97 Å². The van der Waals surface area contributed by atoms with E-state index in [0.29, 0.717) is 11.6 Å². The average molecular weight is 305 g/mol.